The number of halogens is 2. The predicted molar refractivity (Wildman–Crippen MR) is 70.9 cm³/mol. The van der Waals surface area contributed by atoms with Gasteiger partial charge in [0.25, 0.3) is 0 Å². The lowest BCUT2D eigenvalue weighted by molar-refractivity contribution is 0.613. The van der Waals surface area contributed by atoms with E-state index in [-0.39, 0.29) is 11.1 Å². The Morgan fingerprint density at radius 2 is 1.94 bits per heavy atom. The molecule has 0 bridgehead atoms. The molecule has 1 heterocycles. The van der Waals surface area contributed by atoms with Crippen LogP contribution in [0.4, 0.5) is 15.9 Å². The van der Waals surface area contributed by atoms with Crippen LogP contribution in [0.5, 0.6) is 0 Å². The fourth-order valence-corrected chi connectivity index (χ4v) is 1.78. The van der Waals surface area contributed by atoms with Gasteiger partial charge >= 0.3 is 0 Å². The maximum absolute atomic E-state index is 13.6. The Kier molecular flexibility index (Phi) is 3.77. The van der Waals surface area contributed by atoms with Gasteiger partial charge in [0.15, 0.2) is 11.6 Å². The van der Waals surface area contributed by atoms with Gasteiger partial charge < -0.3 is 4.90 Å². The van der Waals surface area contributed by atoms with Crippen molar-refractivity contribution in [1.29, 1.82) is 0 Å². The van der Waals surface area contributed by atoms with Gasteiger partial charge in [-0.2, -0.15) is 4.98 Å². The lowest BCUT2D eigenvalue weighted by Gasteiger charge is -2.18. The van der Waals surface area contributed by atoms with E-state index in [0.717, 1.165) is 18.3 Å². The van der Waals surface area contributed by atoms with Crippen LogP contribution in [0, 0.1) is 5.82 Å². The summed E-state index contributed by atoms with van der Waals surface area (Å²) in [4.78, 5) is 9.13. The minimum absolute atomic E-state index is 0.0310. The highest BCUT2D eigenvalue weighted by Gasteiger charge is 2.12. The van der Waals surface area contributed by atoms with Crippen molar-refractivity contribution in [2.45, 2.75) is 13.3 Å². The monoisotopic (exact) mass is 265 g/mol. The second-order valence-corrected chi connectivity index (χ2v) is 4.23. The quantitative estimate of drug-likeness (QED) is 0.794. The largest absolute Gasteiger partial charge is 0.327 e. The highest BCUT2D eigenvalue weighted by atomic mass is 35.5. The number of nitrogens with zero attached hydrogens (tertiary/aromatic N) is 3. The third-order valence-electron chi connectivity index (χ3n) is 2.75. The van der Waals surface area contributed by atoms with Crippen LogP contribution in [0.2, 0.25) is 5.28 Å². The molecule has 2 aromatic rings. The molecule has 0 N–H and O–H groups in total. The van der Waals surface area contributed by atoms with E-state index in [9.17, 15) is 4.39 Å². The summed E-state index contributed by atoms with van der Waals surface area (Å²) in [5.74, 6) is -0.333. The highest BCUT2D eigenvalue weighted by molar-refractivity contribution is 6.28. The van der Waals surface area contributed by atoms with Gasteiger partial charge in [-0.05, 0) is 35.7 Å². The van der Waals surface area contributed by atoms with Gasteiger partial charge in [0.1, 0.15) is 0 Å². The predicted octanol–water partition coefficient (Wildman–Crippen LogP) is 3.60. The van der Waals surface area contributed by atoms with Crippen molar-refractivity contribution in [2.24, 2.45) is 0 Å². The molecule has 5 heteroatoms. The minimum atomic E-state index is -0.499. The molecule has 0 amide bonds. The summed E-state index contributed by atoms with van der Waals surface area (Å²) >= 11 is 5.68. The summed E-state index contributed by atoms with van der Waals surface area (Å²) in [6, 6.07) is 7.86. The third kappa shape index (κ3) is 2.59. The summed E-state index contributed by atoms with van der Waals surface area (Å²) in [7, 11) is 1.74. The van der Waals surface area contributed by atoms with Gasteiger partial charge in [-0.3, -0.25) is 0 Å². The number of benzene rings is 1. The maximum Gasteiger partial charge on any atom is 0.224 e. The molecule has 1 aromatic carbocycles. The van der Waals surface area contributed by atoms with E-state index in [1.165, 1.54) is 5.56 Å². The Balaban J connectivity index is 2.34. The van der Waals surface area contributed by atoms with Gasteiger partial charge in [0.05, 0.1) is 6.20 Å². The van der Waals surface area contributed by atoms with E-state index in [2.05, 4.69) is 16.9 Å². The molecule has 0 spiro atoms. The smallest absolute Gasteiger partial charge is 0.224 e. The number of hydrogen-bond donors (Lipinski definition) is 0. The lowest BCUT2D eigenvalue weighted by Crippen LogP contribution is -2.13. The molecular weight excluding hydrogens is 253 g/mol. The fraction of sp³-hybridized carbons (Fsp3) is 0.231. The van der Waals surface area contributed by atoms with Gasteiger partial charge in [-0.25, -0.2) is 9.37 Å². The fourth-order valence-electron chi connectivity index (χ4n) is 1.65. The standard InChI is InChI=1S/C13H13ClFN3/c1-3-9-4-6-10(7-5-9)18(2)12-11(15)8-16-13(14)17-12/h4-8H,3H2,1-2H3. The van der Waals surface area contributed by atoms with E-state index >= 15 is 0 Å². The van der Waals surface area contributed by atoms with Crippen LogP contribution in [-0.4, -0.2) is 17.0 Å². The molecule has 0 radical (unpaired) electrons. The first-order chi connectivity index (χ1) is 8.61. The molecule has 3 nitrogen and oxygen atoms in total. The van der Waals surface area contributed by atoms with Crippen LogP contribution >= 0.6 is 11.6 Å². The Bertz CT molecular complexity index is 542. The van der Waals surface area contributed by atoms with Gasteiger partial charge in [0.2, 0.25) is 5.28 Å². The molecule has 18 heavy (non-hydrogen) atoms. The normalized spacial score (nSPS) is 10.4. The molecule has 0 aliphatic heterocycles. The average molecular weight is 266 g/mol. The third-order valence-corrected chi connectivity index (χ3v) is 2.93. The van der Waals surface area contributed by atoms with Gasteiger partial charge in [-0.1, -0.05) is 19.1 Å². The number of aromatic nitrogens is 2. The van der Waals surface area contributed by atoms with Crippen LogP contribution in [-0.2, 0) is 6.42 Å². The molecule has 0 aliphatic carbocycles. The second kappa shape index (κ2) is 5.31. The second-order valence-electron chi connectivity index (χ2n) is 3.89. The lowest BCUT2D eigenvalue weighted by atomic mass is 10.1. The molecule has 0 aliphatic rings. The molecule has 1 aromatic heterocycles. The zero-order chi connectivity index (χ0) is 13.1. The van der Waals surface area contributed by atoms with Crippen LogP contribution in [0.3, 0.4) is 0 Å². The van der Waals surface area contributed by atoms with Gasteiger partial charge in [-0.15, -0.1) is 0 Å². The molecule has 0 unspecified atom stereocenters. The number of aryl methyl sites for hydroxylation is 1. The van der Waals surface area contributed by atoms with Crippen molar-refractivity contribution in [3.63, 3.8) is 0 Å². The summed E-state index contributed by atoms with van der Waals surface area (Å²) in [6.45, 7) is 2.09. The Hall–Kier alpha value is -1.68. The van der Waals surface area contributed by atoms with E-state index in [1.807, 2.05) is 24.3 Å². The van der Waals surface area contributed by atoms with Crippen LogP contribution in [0.15, 0.2) is 30.5 Å². The zero-order valence-electron chi connectivity index (χ0n) is 10.2. The van der Waals surface area contributed by atoms with Crippen molar-refractivity contribution >= 4 is 23.1 Å². The van der Waals surface area contributed by atoms with Crippen molar-refractivity contribution in [3.05, 3.63) is 47.1 Å². The average Bonchev–Trinajstić information content (AvgIpc) is 2.41. The summed E-state index contributed by atoms with van der Waals surface area (Å²) in [5.41, 5.74) is 2.08. The topological polar surface area (TPSA) is 29.0 Å². The molecule has 0 saturated carbocycles. The van der Waals surface area contributed by atoms with E-state index in [4.69, 9.17) is 11.6 Å². The maximum atomic E-state index is 13.6. The van der Waals surface area contributed by atoms with Crippen molar-refractivity contribution in [2.75, 3.05) is 11.9 Å². The van der Waals surface area contributed by atoms with E-state index in [0.29, 0.717) is 0 Å². The summed E-state index contributed by atoms with van der Waals surface area (Å²) in [6.07, 6.45) is 2.04. The summed E-state index contributed by atoms with van der Waals surface area (Å²) in [5, 5.41) is 0.0310. The molecule has 0 saturated heterocycles. The zero-order valence-corrected chi connectivity index (χ0v) is 10.9. The Morgan fingerprint density at radius 3 is 2.56 bits per heavy atom. The van der Waals surface area contributed by atoms with Crippen molar-refractivity contribution in [1.82, 2.24) is 9.97 Å². The van der Waals surface area contributed by atoms with E-state index < -0.39 is 5.82 Å². The SMILES string of the molecule is CCc1ccc(N(C)c2nc(Cl)ncc2F)cc1. The molecule has 94 valence electrons. The Labute approximate surface area is 110 Å². The first-order valence-electron chi connectivity index (χ1n) is 5.62. The van der Waals surface area contributed by atoms with Gasteiger partial charge in [0, 0.05) is 12.7 Å². The van der Waals surface area contributed by atoms with Crippen LogP contribution in [0.1, 0.15) is 12.5 Å². The molecule has 0 atom stereocenters. The first kappa shape index (κ1) is 12.8. The Morgan fingerprint density at radius 1 is 1.28 bits per heavy atom. The molecule has 0 fully saturated rings. The first-order valence-corrected chi connectivity index (χ1v) is 6.00. The summed E-state index contributed by atoms with van der Waals surface area (Å²) < 4.78 is 13.6. The number of anilines is 2. The molecular formula is C13H13ClFN3. The molecule has 2 rings (SSSR count). The number of rotatable bonds is 3. The minimum Gasteiger partial charge on any atom is -0.327 e. The van der Waals surface area contributed by atoms with Crippen LogP contribution < -0.4 is 4.90 Å². The van der Waals surface area contributed by atoms with E-state index in [1.54, 1.807) is 11.9 Å². The number of hydrogen-bond acceptors (Lipinski definition) is 3. The van der Waals surface area contributed by atoms with Crippen LogP contribution in [0.25, 0.3) is 0 Å². The van der Waals surface area contributed by atoms with Crippen molar-refractivity contribution in [3.8, 4) is 0 Å². The highest BCUT2D eigenvalue weighted by Crippen LogP contribution is 2.25. The van der Waals surface area contributed by atoms with Crippen molar-refractivity contribution < 1.29 is 4.39 Å².